The van der Waals surface area contributed by atoms with Gasteiger partial charge in [-0.15, -0.1) is 0 Å². The van der Waals surface area contributed by atoms with Crippen LogP contribution < -0.4 is 20.4 Å². The topological polar surface area (TPSA) is 210 Å². The zero-order valence-corrected chi connectivity index (χ0v) is 33.8. The van der Waals surface area contributed by atoms with E-state index in [1.54, 1.807) is 24.3 Å². The van der Waals surface area contributed by atoms with Crippen LogP contribution in [0.4, 0.5) is 11.4 Å². The molecule has 0 radical (unpaired) electrons. The quantitative estimate of drug-likeness (QED) is 0.214. The Labute approximate surface area is 345 Å². The van der Waals surface area contributed by atoms with Crippen molar-refractivity contribution in [3.63, 3.8) is 0 Å². The highest BCUT2D eigenvalue weighted by atomic mass is 35.5. The number of hydrogen-bond acceptors (Lipinski definition) is 12. The van der Waals surface area contributed by atoms with E-state index in [4.69, 9.17) is 42.1 Å². The molecule has 0 aliphatic carbocycles. The number of aliphatic hydroxyl groups is 1. The number of phenolic OH excluding ortho intramolecular Hbond substituents is 1. The molecule has 58 heavy (non-hydrogen) atoms. The minimum atomic E-state index is -1.28. The average molecular weight is 846 g/mol. The highest BCUT2D eigenvalue weighted by Gasteiger charge is 2.38. The molecule has 18 heteroatoms. The van der Waals surface area contributed by atoms with Crippen LogP contribution in [0.5, 0.6) is 5.75 Å². The Bertz CT molecular complexity index is 1930. The Morgan fingerprint density at radius 2 is 1.41 bits per heavy atom. The Kier molecular flexibility index (Phi) is 16.8. The number of rotatable bonds is 10. The van der Waals surface area contributed by atoms with Crippen LogP contribution in [-0.2, 0) is 49.5 Å². The van der Waals surface area contributed by atoms with Gasteiger partial charge in [-0.1, -0.05) is 79.5 Å². The lowest BCUT2D eigenvalue weighted by Gasteiger charge is -2.24. The van der Waals surface area contributed by atoms with E-state index in [9.17, 15) is 39.0 Å². The molecule has 6 rings (SSSR count). The van der Waals surface area contributed by atoms with Gasteiger partial charge in [0.1, 0.15) is 19.2 Å². The zero-order chi connectivity index (χ0) is 42.5. The SMILES string of the molecule is CCOC1OC(=O)C[C@@H]1C.CNC(=O)CN1C(=O)[C@@H](NC(=O)c2cc(Cl)c(O)c(Cl)c2)CN(C(=O)CO)c2ccccc21.C[C@H]1CC(=O)OC1OCc1ccccc1. The summed E-state index contributed by atoms with van der Waals surface area (Å²) in [7, 11) is 1.41. The molecule has 5 atom stereocenters. The number of para-hydroxylation sites is 2. The number of amides is 4. The number of halogens is 2. The van der Waals surface area contributed by atoms with Crippen LogP contribution >= 0.6 is 23.2 Å². The molecule has 3 heterocycles. The van der Waals surface area contributed by atoms with E-state index in [0.717, 1.165) is 10.5 Å². The number of hydrogen-bond donors (Lipinski definition) is 4. The number of cyclic esters (lactones) is 2. The lowest BCUT2D eigenvalue weighted by molar-refractivity contribution is -0.169. The van der Waals surface area contributed by atoms with Crippen LogP contribution in [0.1, 0.15) is 49.5 Å². The lowest BCUT2D eigenvalue weighted by atomic mass is 10.1. The third kappa shape index (κ3) is 12.1. The van der Waals surface area contributed by atoms with Crippen molar-refractivity contribution in [1.82, 2.24) is 10.6 Å². The summed E-state index contributed by atoms with van der Waals surface area (Å²) in [4.78, 5) is 74.8. The molecule has 0 saturated carbocycles. The molecular formula is C40H46Cl2N4O12. The van der Waals surface area contributed by atoms with Crippen molar-refractivity contribution >= 4 is 70.1 Å². The molecule has 2 unspecified atom stereocenters. The Morgan fingerprint density at radius 3 is 1.93 bits per heavy atom. The summed E-state index contributed by atoms with van der Waals surface area (Å²) in [6.07, 6.45) is 0.277. The molecule has 3 aromatic carbocycles. The Morgan fingerprint density at radius 1 is 0.862 bits per heavy atom. The number of esters is 2. The maximum atomic E-state index is 13.4. The predicted molar refractivity (Wildman–Crippen MR) is 212 cm³/mol. The van der Waals surface area contributed by atoms with Gasteiger partial charge in [-0.2, -0.15) is 0 Å². The first-order valence-electron chi connectivity index (χ1n) is 18.3. The average Bonchev–Trinajstić information content (AvgIpc) is 3.69. The second-order valence-corrected chi connectivity index (χ2v) is 14.2. The molecule has 2 saturated heterocycles. The number of phenols is 1. The summed E-state index contributed by atoms with van der Waals surface area (Å²) in [6, 6.07) is 17.3. The molecule has 2 fully saturated rings. The monoisotopic (exact) mass is 844 g/mol. The number of fused-ring (bicyclic) bond motifs is 1. The largest absolute Gasteiger partial charge is 0.505 e. The van der Waals surface area contributed by atoms with Gasteiger partial charge in [0.05, 0.1) is 47.4 Å². The van der Waals surface area contributed by atoms with Gasteiger partial charge >= 0.3 is 11.9 Å². The van der Waals surface area contributed by atoms with Crippen molar-refractivity contribution in [3.8, 4) is 5.75 Å². The number of carbonyl (C=O) groups is 6. The minimum Gasteiger partial charge on any atom is -0.505 e. The van der Waals surface area contributed by atoms with Gasteiger partial charge < -0.3 is 44.7 Å². The maximum absolute atomic E-state index is 13.4. The standard InChI is InChI=1S/C21H20Cl2N4O6.C12H14O3.C7H12O3/c1-24-17(29)9-27-16-5-3-2-4-15(16)26(18(30)10-28)8-14(21(27)33)25-20(32)11-6-12(22)19(31)13(23)7-11;1-9-7-11(13)15-12(9)14-8-10-5-3-2-4-6-10;1-3-9-7-5(2)4-6(8)10-7/h2-7,14,28,31H,8-10H2,1H3,(H,24,29)(H,25,32);2-6,9,12H,7-8H2,1H3;5,7H,3-4H2,1-2H3/t14-;9-,12?;5-,7?/m000/s1. The minimum absolute atomic E-state index is 0.0322. The van der Waals surface area contributed by atoms with Crippen molar-refractivity contribution in [2.75, 3.05) is 43.2 Å². The fourth-order valence-corrected chi connectivity index (χ4v) is 6.45. The Balaban J connectivity index is 0.000000242. The molecule has 3 aromatic rings. The lowest BCUT2D eigenvalue weighted by Crippen LogP contribution is -2.54. The molecule has 16 nitrogen and oxygen atoms in total. The van der Waals surface area contributed by atoms with Gasteiger partial charge in [0.25, 0.3) is 17.7 Å². The number of nitrogens with one attached hydrogen (secondary N) is 2. The highest BCUT2D eigenvalue weighted by Crippen LogP contribution is 2.34. The van der Waals surface area contributed by atoms with Gasteiger partial charge in [0.15, 0.2) is 5.75 Å². The van der Waals surface area contributed by atoms with Crippen molar-refractivity contribution in [2.45, 2.75) is 58.8 Å². The van der Waals surface area contributed by atoms with E-state index in [0.29, 0.717) is 31.7 Å². The van der Waals surface area contributed by atoms with E-state index in [-0.39, 0.29) is 70.7 Å². The molecule has 4 amide bonds. The zero-order valence-electron chi connectivity index (χ0n) is 32.3. The third-order valence-corrected chi connectivity index (χ3v) is 9.56. The van der Waals surface area contributed by atoms with Crippen LogP contribution in [-0.4, -0.2) is 97.8 Å². The van der Waals surface area contributed by atoms with E-state index in [2.05, 4.69) is 10.6 Å². The number of benzene rings is 3. The van der Waals surface area contributed by atoms with Crippen molar-refractivity contribution in [1.29, 1.82) is 0 Å². The van der Waals surface area contributed by atoms with Gasteiger partial charge in [0, 0.05) is 31.1 Å². The van der Waals surface area contributed by atoms with E-state index < -0.39 is 42.0 Å². The molecule has 3 aliphatic rings. The number of likely N-dealkylation sites (N-methyl/N-ethyl adjacent to an activating group) is 1. The number of nitrogens with zero attached hydrogens (tertiary/aromatic N) is 2. The van der Waals surface area contributed by atoms with Crippen LogP contribution in [0, 0.1) is 11.8 Å². The number of anilines is 2. The molecule has 312 valence electrons. The van der Waals surface area contributed by atoms with Crippen LogP contribution in [0.3, 0.4) is 0 Å². The van der Waals surface area contributed by atoms with Crippen molar-refractivity contribution in [3.05, 3.63) is 87.9 Å². The first-order valence-corrected chi connectivity index (χ1v) is 19.1. The van der Waals surface area contributed by atoms with Gasteiger partial charge in [0.2, 0.25) is 18.5 Å². The van der Waals surface area contributed by atoms with E-state index in [1.807, 2.05) is 51.1 Å². The van der Waals surface area contributed by atoms with Gasteiger partial charge in [-0.3, -0.25) is 33.7 Å². The van der Waals surface area contributed by atoms with Crippen LogP contribution in [0.2, 0.25) is 10.0 Å². The molecule has 3 aliphatic heterocycles. The maximum Gasteiger partial charge on any atom is 0.308 e. The number of aliphatic hydroxyl groups excluding tert-OH is 1. The number of carbonyl (C=O) groups excluding carboxylic acids is 6. The molecule has 0 spiro atoms. The molecule has 0 aromatic heterocycles. The first kappa shape index (κ1) is 45.4. The van der Waals surface area contributed by atoms with Gasteiger partial charge in [-0.05, 0) is 36.8 Å². The predicted octanol–water partition coefficient (Wildman–Crippen LogP) is 3.96. The second-order valence-electron chi connectivity index (χ2n) is 13.4. The highest BCUT2D eigenvalue weighted by molar-refractivity contribution is 6.37. The van der Waals surface area contributed by atoms with Crippen LogP contribution in [0.25, 0.3) is 0 Å². The smallest absolute Gasteiger partial charge is 0.308 e. The first-order chi connectivity index (χ1) is 27.7. The fourth-order valence-electron chi connectivity index (χ4n) is 5.96. The van der Waals surface area contributed by atoms with Crippen molar-refractivity contribution in [2.24, 2.45) is 11.8 Å². The number of ether oxygens (including phenoxy) is 4. The van der Waals surface area contributed by atoms with Crippen molar-refractivity contribution < 1.29 is 57.9 Å². The van der Waals surface area contributed by atoms with E-state index >= 15 is 0 Å². The summed E-state index contributed by atoms with van der Waals surface area (Å²) in [5.41, 5.74) is 1.62. The van der Waals surface area contributed by atoms with Crippen LogP contribution in [0.15, 0.2) is 66.7 Å². The molecular weight excluding hydrogens is 799 g/mol. The summed E-state index contributed by atoms with van der Waals surface area (Å²) in [6.45, 7) is 5.39. The third-order valence-electron chi connectivity index (χ3n) is 8.98. The second kappa shape index (κ2) is 21.5. The van der Waals surface area contributed by atoms with Gasteiger partial charge in [-0.25, -0.2) is 0 Å². The fraction of sp³-hybridized carbons (Fsp3) is 0.400. The summed E-state index contributed by atoms with van der Waals surface area (Å²) < 4.78 is 20.6. The summed E-state index contributed by atoms with van der Waals surface area (Å²) >= 11 is 11.8. The molecule has 4 N–H and O–H groups in total. The van der Waals surface area contributed by atoms with E-state index in [1.165, 1.54) is 24.1 Å². The number of aromatic hydroxyl groups is 1. The Hall–Kier alpha value is -5.26. The molecule has 0 bridgehead atoms. The normalized spacial score (nSPS) is 20.9. The summed E-state index contributed by atoms with van der Waals surface area (Å²) in [5, 5.41) is 23.8. The summed E-state index contributed by atoms with van der Waals surface area (Å²) in [5.74, 6) is -2.91.